The predicted molar refractivity (Wildman–Crippen MR) is 77.8 cm³/mol. The monoisotopic (exact) mass is 271 g/mol. The van der Waals surface area contributed by atoms with Crippen LogP contribution in [0.15, 0.2) is 47.5 Å². The molecule has 0 saturated carbocycles. The van der Waals surface area contributed by atoms with E-state index < -0.39 is 0 Å². The molecule has 0 aliphatic heterocycles. The lowest BCUT2D eigenvalue weighted by Crippen LogP contribution is -1.98. The Kier molecular flexibility index (Phi) is 2.97. The van der Waals surface area contributed by atoms with Gasteiger partial charge in [0.05, 0.1) is 36.7 Å². The Balaban J connectivity index is 2.11. The normalized spacial score (nSPS) is 10.6. The van der Waals surface area contributed by atoms with E-state index in [4.69, 9.17) is 10.5 Å². The summed E-state index contributed by atoms with van der Waals surface area (Å²) in [4.78, 5) is 4.23. The van der Waals surface area contributed by atoms with E-state index in [-0.39, 0.29) is 0 Å². The van der Waals surface area contributed by atoms with Gasteiger partial charge in [0.2, 0.25) is 0 Å². The number of hydrogen-bond donors (Lipinski definition) is 1. The molecule has 4 nitrogen and oxygen atoms in total. The molecule has 0 aliphatic rings. The number of aromatic nitrogens is 2. The lowest BCUT2D eigenvalue weighted by Gasteiger charge is -2.10. The highest BCUT2D eigenvalue weighted by Gasteiger charge is 2.09. The van der Waals surface area contributed by atoms with E-state index in [9.17, 15) is 0 Å². The van der Waals surface area contributed by atoms with E-state index in [2.05, 4.69) is 21.8 Å². The van der Waals surface area contributed by atoms with Crippen molar-refractivity contribution in [1.29, 1.82) is 0 Å². The molecule has 0 aliphatic carbocycles. The van der Waals surface area contributed by atoms with E-state index in [1.807, 2.05) is 29.0 Å². The number of nitrogen functional groups attached to an aromatic ring is 1. The molecule has 0 radical (unpaired) electrons. The molecular weight excluding hydrogens is 258 g/mol. The molecule has 1 aromatic carbocycles. The summed E-state index contributed by atoms with van der Waals surface area (Å²) in [5.74, 6) is 0.669. The number of nitrogens with two attached hydrogens (primary N) is 1. The second kappa shape index (κ2) is 4.78. The van der Waals surface area contributed by atoms with E-state index in [1.165, 1.54) is 0 Å². The number of methoxy groups -OCH3 is 1. The molecule has 0 spiro atoms. The molecule has 3 aromatic rings. The first-order valence-corrected chi connectivity index (χ1v) is 6.72. The Bertz CT molecular complexity index is 689. The molecule has 19 heavy (non-hydrogen) atoms. The molecule has 2 heterocycles. The van der Waals surface area contributed by atoms with Gasteiger partial charge < -0.3 is 10.5 Å². The molecule has 0 saturated heterocycles. The molecule has 3 rings (SSSR count). The number of rotatable bonds is 3. The van der Waals surface area contributed by atoms with Crippen LogP contribution in [-0.4, -0.2) is 16.7 Å². The van der Waals surface area contributed by atoms with Gasteiger partial charge in [-0.1, -0.05) is 0 Å². The van der Waals surface area contributed by atoms with Crippen LogP contribution >= 0.6 is 11.3 Å². The molecule has 5 heteroatoms. The maximum atomic E-state index is 5.84. The highest BCUT2D eigenvalue weighted by atomic mass is 32.1. The van der Waals surface area contributed by atoms with Gasteiger partial charge >= 0.3 is 0 Å². The zero-order chi connectivity index (χ0) is 13.2. The summed E-state index contributed by atoms with van der Waals surface area (Å²) in [6.07, 6.45) is 3.64. The van der Waals surface area contributed by atoms with Crippen LogP contribution in [0.2, 0.25) is 0 Å². The van der Waals surface area contributed by atoms with Crippen LogP contribution in [0.4, 0.5) is 5.69 Å². The summed E-state index contributed by atoms with van der Waals surface area (Å²) in [5.41, 5.74) is 9.64. The van der Waals surface area contributed by atoms with Gasteiger partial charge in [0.1, 0.15) is 5.75 Å². The smallest absolute Gasteiger partial charge is 0.143 e. The molecule has 0 fully saturated rings. The average Bonchev–Trinajstić information content (AvgIpc) is 3.09. The van der Waals surface area contributed by atoms with E-state index in [1.54, 1.807) is 24.8 Å². The van der Waals surface area contributed by atoms with Crippen LogP contribution in [0.3, 0.4) is 0 Å². The summed E-state index contributed by atoms with van der Waals surface area (Å²) in [7, 11) is 1.61. The van der Waals surface area contributed by atoms with E-state index in [0.29, 0.717) is 11.4 Å². The van der Waals surface area contributed by atoms with Crippen LogP contribution in [-0.2, 0) is 0 Å². The Morgan fingerprint density at radius 2 is 2.21 bits per heavy atom. The van der Waals surface area contributed by atoms with Crippen molar-refractivity contribution in [2.75, 3.05) is 12.8 Å². The van der Waals surface area contributed by atoms with Crippen molar-refractivity contribution < 1.29 is 4.74 Å². The first-order valence-electron chi connectivity index (χ1n) is 5.78. The minimum absolute atomic E-state index is 0.628. The fourth-order valence-electron chi connectivity index (χ4n) is 1.97. The van der Waals surface area contributed by atoms with Crippen molar-refractivity contribution in [2.45, 2.75) is 0 Å². The highest BCUT2D eigenvalue weighted by Crippen LogP contribution is 2.28. The van der Waals surface area contributed by atoms with Crippen LogP contribution in [0.5, 0.6) is 5.75 Å². The molecule has 96 valence electrons. The average molecular weight is 271 g/mol. The predicted octanol–water partition coefficient (Wildman–Crippen LogP) is 3.19. The van der Waals surface area contributed by atoms with Crippen LogP contribution in [0.25, 0.3) is 16.9 Å². The Hall–Kier alpha value is -2.27. The zero-order valence-electron chi connectivity index (χ0n) is 10.4. The lowest BCUT2D eigenvalue weighted by molar-refractivity contribution is 0.417. The second-order valence-corrected chi connectivity index (χ2v) is 4.87. The lowest BCUT2D eigenvalue weighted by atomic mass is 10.2. The quantitative estimate of drug-likeness (QED) is 0.744. The van der Waals surface area contributed by atoms with Crippen molar-refractivity contribution in [3.05, 3.63) is 47.5 Å². The Morgan fingerprint density at radius 3 is 2.95 bits per heavy atom. The summed E-state index contributed by atoms with van der Waals surface area (Å²) in [6.45, 7) is 0. The zero-order valence-corrected chi connectivity index (χ0v) is 11.2. The summed E-state index contributed by atoms with van der Waals surface area (Å²) >= 11 is 1.67. The third kappa shape index (κ3) is 2.08. The number of thiophene rings is 1. The van der Waals surface area contributed by atoms with Crippen LogP contribution in [0.1, 0.15) is 0 Å². The summed E-state index contributed by atoms with van der Waals surface area (Å²) in [6, 6.07) is 7.78. The molecule has 0 atom stereocenters. The van der Waals surface area contributed by atoms with Gasteiger partial charge in [0, 0.05) is 17.0 Å². The summed E-state index contributed by atoms with van der Waals surface area (Å²) in [5, 5.41) is 4.15. The molecule has 0 unspecified atom stereocenters. The minimum Gasteiger partial charge on any atom is -0.495 e. The molecule has 2 N–H and O–H groups in total. The maximum absolute atomic E-state index is 5.84. The largest absolute Gasteiger partial charge is 0.495 e. The second-order valence-electron chi connectivity index (χ2n) is 4.09. The molecule has 0 bridgehead atoms. The van der Waals surface area contributed by atoms with Crippen molar-refractivity contribution >= 4 is 17.0 Å². The summed E-state index contributed by atoms with van der Waals surface area (Å²) < 4.78 is 7.28. The third-order valence-electron chi connectivity index (χ3n) is 2.95. The van der Waals surface area contributed by atoms with Gasteiger partial charge in [0.15, 0.2) is 0 Å². The van der Waals surface area contributed by atoms with Gasteiger partial charge in [-0.05, 0) is 23.6 Å². The van der Waals surface area contributed by atoms with Crippen molar-refractivity contribution in [3.8, 4) is 22.7 Å². The van der Waals surface area contributed by atoms with Gasteiger partial charge in [-0.3, -0.25) is 4.57 Å². The van der Waals surface area contributed by atoms with Crippen molar-refractivity contribution in [1.82, 2.24) is 9.55 Å². The first kappa shape index (κ1) is 11.8. The number of hydrogen-bond acceptors (Lipinski definition) is 4. The third-order valence-corrected chi connectivity index (χ3v) is 3.63. The number of imidazole rings is 1. The first-order chi connectivity index (χ1) is 9.29. The van der Waals surface area contributed by atoms with Gasteiger partial charge in [0.25, 0.3) is 0 Å². The van der Waals surface area contributed by atoms with Crippen LogP contribution in [0, 0.1) is 0 Å². The highest BCUT2D eigenvalue weighted by molar-refractivity contribution is 7.08. The van der Waals surface area contributed by atoms with Gasteiger partial charge in [-0.2, -0.15) is 11.3 Å². The number of nitrogens with zero attached hydrogens (tertiary/aromatic N) is 2. The van der Waals surface area contributed by atoms with E-state index in [0.717, 1.165) is 16.9 Å². The Morgan fingerprint density at radius 1 is 1.32 bits per heavy atom. The molecule has 2 aromatic heterocycles. The standard InChI is InChI=1S/C14H13N3OS/c1-18-14-6-11(2-3-12(14)15)17-9-16-7-13(17)10-4-5-19-8-10/h2-9H,15H2,1H3. The Labute approximate surface area is 115 Å². The fraction of sp³-hybridized carbons (Fsp3) is 0.0714. The van der Waals surface area contributed by atoms with E-state index >= 15 is 0 Å². The molecule has 0 amide bonds. The molecular formula is C14H13N3OS. The number of ether oxygens (including phenoxy) is 1. The number of anilines is 1. The van der Waals surface area contributed by atoms with Gasteiger partial charge in [-0.25, -0.2) is 4.98 Å². The minimum atomic E-state index is 0.628. The van der Waals surface area contributed by atoms with Crippen LogP contribution < -0.4 is 10.5 Å². The fourth-order valence-corrected chi connectivity index (χ4v) is 2.62. The SMILES string of the molecule is COc1cc(-n2cncc2-c2ccsc2)ccc1N. The maximum Gasteiger partial charge on any atom is 0.143 e. The van der Waals surface area contributed by atoms with Crippen molar-refractivity contribution in [2.24, 2.45) is 0 Å². The topological polar surface area (TPSA) is 53.1 Å². The number of benzene rings is 1. The van der Waals surface area contributed by atoms with Gasteiger partial charge in [-0.15, -0.1) is 0 Å². The van der Waals surface area contributed by atoms with Crippen molar-refractivity contribution in [3.63, 3.8) is 0 Å².